The third-order valence-corrected chi connectivity index (χ3v) is 1.85. The van der Waals surface area contributed by atoms with Gasteiger partial charge < -0.3 is 14.6 Å². The largest absolute Gasteiger partial charge is 0.496 e. The summed E-state index contributed by atoms with van der Waals surface area (Å²) in [6.07, 6.45) is 1.55. The maximum Gasteiger partial charge on any atom is 0.147 e. The highest BCUT2D eigenvalue weighted by atomic mass is 16.5. The molecule has 1 unspecified atom stereocenters. The topological polar surface area (TPSA) is 38.7 Å². The van der Waals surface area contributed by atoms with Crippen LogP contribution in [0, 0.1) is 12.0 Å². The van der Waals surface area contributed by atoms with Gasteiger partial charge >= 0.3 is 0 Å². The first-order valence-electron chi connectivity index (χ1n) is 4.73. The summed E-state index contributed by atoms with van der Waals surface area (Å²) < 4.78 is 9.94. The van der Waals surface area contributed by atoms with Crippen molar-refractivity contribution >= 4 is 0 Å². The molecule has 0 saturated heterocycles. The van der Waals surface area contributed by atoms with Crippen molar-refractivity contribution < 1.29 is 14.6 Å². The fraction of sp³-hybridized carbons (Fsp3) is 0.333. The summed E-state index contributed by atoms with van der Waals surface area (Å²) in [5, 5.41) is 9.73. The van der Waals surface area contributed by atoms with Crippen LogP contribution in [0.4, 0.5) is 0 Å². The lowest BCUT2D eigenvalue weighted by Gasteiger charge is -2.08. The molecule has 1 aromatic rings. The highest BCUT2D eigenvalue weighted by Gasteiger charge is 2.09. The van der Waals surface area contributed by atoms with Crippen molar-refractivity contribution in [3.05, 3.63) is 29.8 Å². The van der Waals surface area contributed by atoms with E-state index in [1.54, 1.807) is 19.2 Å². The number of ether oxygens (including phenoxy) is 2. The molecule has 1 atom stereocenters. The van der Waals surface area contributed by atoms with Crippen LogP contribution in [0.5, 0.6) is 5.75 Å². The predicted octanol–water partition coefficient (Wildman–Crippen LogP) is 1.73. The molecule has 0 spiro atoms. The molecular weight excluding hydrogens is 192 g/mol. The summed E-state index contributed by atoms with van der Waals surface area (Å²) in [5.74, 6) is 3.20. The lowest BCUT2D eigenvalue weighted by Crippen LogP contribution is -1.98. The SMILES string of the molecule is CCOC#CC(O)c1ccccc1OC. The van der Waals surface area contributed by atoms with Crippen molar-refractivity contribution in [2.75, 3.05) is 13.7 Å². The van der Waals surface area contributed by atoms with Gasteiger partial charge in [0.1, 0.15) is 18.0 Å². The smallest absolute Gasteiger partial charge is 0.147 e. The van der Waals surface area contributed by atoms with E-state index in [0.29, 0.717) is 17.9 Å². The van der Waals surface area contributed by atoms with Crippen molar-refractivity contribution in [3.63, 3.8) is 0 Å². The average molecular weight is 206 g/mol. The summed E-state index contributed by atoms with van der Waals surface area (Å²) in [6.45, 7) is 2.34. The highest BCUT2D eigenvalue weighted by molar-refractivity contribution is 5.38. The Balaban J connectivity index is 2.82. The van der Waals surface area contributed by atoms with E-state index in [1.165, 1.54) is 0 Å². The number of benzene rings is 1. The minimum atomic E-state index is -0.882. The molecule has 0 fully saturated rings. The van der Waals surface area contributed by atoms with Gasteiger partial charge in [-0.05, 0) is 18.9 Å². The molecule has 1 aromatic carbocycles. The zero-order valence-electron chi connectivity index (χ0n) is 8.86. The Morgan fingerprint density at radius 2 is 2.13 bits per heavy atom. The summed E-state index contributed by atoms with van der Waals surface area (Å²) in [7, 11) is 1.56. The summed E-state index contributed by atoms with van der Waals surface area (Å²) in [5.41, 5.74) is 0.646. The summed E-state index contributed by atoms with van der Waals surface area (Å²) >= 11 is 0. The van der Waals surface area contributed by atoms with Crippen LogP contribution in [0.15, 0.2) is 24.3 Å². The minimum Gasteiger partial charge on any atom is -0.496 e. The maximum atomic E-state index is 9.73. The molecule has 80 valence electrons. The number of rotatable bonds is 3. The van der Waals surface area contributed by atoms with Gasteiger partial charge in [-0.15, -0.1) is 0 Å². The first-order valence-corrected chi connectivity index (χ1v) is 4.73. The van der Waals surface area contributed by atoms with Gasteiger partial charge in [0.2, 0.25) is 0 Å². The van der Waals surface area contributed by atoms with E-state index in [4.69, 9.17) is 9.47 Å². The van der Waals surface area contributed by atoms with Crippen LogP contribution in [-0.4, -0.2) is 18.8 Å². The quantitative estimate of drug-likeness (QED) is 0.765. The van der Waals surface area contributed by atoms with Crippen molar-refractivity contribution in [1.82, 2.24) is 0 Å². The van der Waals surface area contributed by atoms with Gasteiger partial charge in [0.15, 0.2) is 0 Å². The number of aliphatic hydroxyl groups is 1. The number of methoxy groups -OCH3 is 1. The molecule has 0 heterocycles. The lowest BCUT2D eigenvalue weighted by atomic mass is 10.1. The second-order valence-electron chi connectivity index (χ2n) is 2.82. The summed E-state index contributed by atoms with van der Waals surface area (Å²) in [6, 6.07) is 7.21. The van der Waals surface area contributed by atoms with E-state index in [-0.39, 0.29) is 0 Å². The Hall–Kier alpha value is -1.66. The molecule has 0 aliphatic rings. The third-order valence-electron chi connectivity index (χ3n) is 1.85. The van der Waals surface area contributed by atoms with Crippen LogP contribution >= 0.6 is 0 Å². The Kier molecular flexibility index (Phi) is 4.52. The second-order valence-corrected chi connectivity index (χ2v) is 2.82. The second kappa shape index (κ2) is 5.94. The number of hydrogen-bond donors (Lipinski definition) is 1. The van der Waals surface area contributed by atoms with Crippen molar-refractivity contribution in [1.29, 1.82) is 0 Å². The highest BCUT2D eigenvalue weighted by Crippen LogP contribution is 2.23. The van der Waals surface area contributed by atoms with Crippen LogP contribution in [-0.2, 0) is 4.74 Å². The standard InChI is InChI=1S/C12H14O3/c1-3-15-9-8-11(13)10-6-4-5-7-12(10)14-2/h4-7,11,13H,3H2,1-2H3. The van der Waals surface area contributed by atoms with E-state index in [9.17, 15) is 5.11 Å². The van der Waals surface area contributed by atoms with Gasteiger partial charge in [-0.3, -0.25) is 0 Å². The minimum absolute atomic E-state index is 0.506. The fourth-order valence-electron chi connectivity index (χ4n) is 1.14. The fourth-order valence-corrected chi connectivity index (χ4v) is 1.14. The zero-order valence-corrected chi connectivity index (χ0v) is 8.86. The number of hydrogen-bond acceptors (Lipinski definition) is 3. The zero-order chi connectivity index (χ0) is 11.1. The molecule has 1 N–H and O–H groups in total. The monoisotopic (exact) mass is 206 g/mol. The van der Waals surface area contributed by atoms with Crippen molar-refractivity contribution in [2.45, 2.75) is 13.0 Å². The molecule has 1 rings (SSSR count). The van der Waals surface area contributed by atoms with Crippen molar-refractivity contribution in [2.24, 2.45) is 0 Å². The summed E-state index contributed by atoms with van der Waals surface area (Å²) in [4.78, 5) is 0. The Labute approximate surface area is 89.6 Å². The predicted molar refractivity (Wildman–Crippen MR) is 57.4 cm³/mol. The average Bonchev–Trinajstić information content (AvgIpc) is 2.29. The number of para-hydroxylation sites is 1. The van der Waals surface area contributed by atoms with Crippen molar-refractivity contribution in [3.8, 4) is 17.8 Å². The molecule has 15 heavy (non-hydrogen) atoms. The molecule has 0 aliphatic carbocycles. The normalized spacial score (nSPS) is 11.1. The van der Waals surface area contributed by atoms with E-state index >= 15 is 0 Å². The molecule has 0 aliphatic heterocycles. The molecule has 3 heteroatoms. The number of aliphatic hydroxyl groups excluding tert-OH is 1. The van der Waals surface area contributed by atoms with E-state index < -0.39 is 6.10 Å². The molecule has 3 nitrogen and oxygen atoms in total. The molecule has 0 saturated carbocycles. The van der Waals surface area contributed by atoms with E-state index in [0.717, 1.165) is 0 Å². The van der Waals surface area contributed by atoms with Crippen LogP contribution in [0.2, 0.25) is 0 Å². The molecule has 0 bridgehead atoms. The first kappa shape index (κ1) is 11.4. The van der Waals surface area contributed by atoms with Gasteiger partial charge in [-0.25, -0.2) is 0 Å². The Bertz CT molecular complexity index is 363. The molecular formula is C12H14O3. The third kappa shape index (κ3) is 3.19. The molecule has 0 amide bonds. The van der Waals surface area contributed by atoms with Crippen LogP contribution in [0.1, 0.15) is 18.6 Å². The van der Waals surface area contributed by atoms with Gasteiger partial charge in [0.25, 0.3) is 0 Å². The van der Waals surface area contributed by atoms with E-state index in [1.807, 2.05) is 19.1 Å². The lowest BCUT2D eigenvalue weighted by molar-refractivity contribution is 0.228. The first-order chi connectivity index (χ1) is 7.29. The van der Waals surface area contributed by atoms with Gasteiger partial charge in [-0.1, -0.05) is 18.2 Å². The maximum absolute atomic E-state index is 9.73. The van der Waals surface area contributed by atoms with Crippen LogP contribution in [0.3, 0.4) is 0 Å². The molecule has 0 aromatic heterocycles. The molecule has 0 radical (unpaired) electrons. The van der Waals surface area contributed by atoms with Crippen LogP contribution in [0.25, 0.3) is 0 Å². The van der Waals surface area contributed by atoms with Gasteiger partial charge in [0, 0.05) is 5.56 Å². The Morgan fingerprint density at radius 3 is 2.80 bits per heavy atom. The van der Waals surface area contributed by atoms with Crippen LogP contribution < -0.4 is 4.74 Å². The Morgan fingerprint density at radius 1 is 1.40 bits per heavy atom. The van der Waals surface area contributed by atoms with Gasteiger partial charge in [0.05, 0.1) is 13.7 Å². The van der Waals surface area contributed by atoms with E-state index in [2.05, 4.69) is 12.0 Å². The van der Waals surface area contributed by atoms with Gasteiger partial charge in [-0.2, -0.15) is 0 Å².